The molecule has 1 radical (unpaired) electrons. The molecule has 0 aromatic heterocycles. The number of aliphatic hydroxyl groups is 2. The van der Waals surface area contributed by atoms with Gasteiger partial charge in [-0.2, -0.15) is 0 Å². The SMILES string of the molecule is CC(O)C(O)c1ccccc1F.[NH2-].[Y]. The molecule has 14 heavy (non-hydrogen) atoms. The molecule has 0 amide bonds. The number of halogens is 1. The number of aliphatic hydroxyl groups excluding tert-OH is 2. The first-order valence-electron chi connectivity index (χ1n) is 3.73. The van der Waals surface area contributed by atoms with Crippen LogP contribution in [0.25, 0.3) is 6.15 Å². The second kappa shape index (κ2) is 7.43. The van der Waals surface area contributed by atoms with Gasteiger partial charge in [0.2, 0.25) is 0 Å². The minimum absolute atomic E-state index is 0. The van der Waals surface area contributed by atoms with E-state index in [1.807, 2.05) is 0 Å². The molecular weight excluding hydrogens is 262 g/mol. The molecule has 0 aliphatic carbocycles. The molecule has 1 aromatic rings. The Hall–Kier alpha value is 0.134. The maximum atomic E-state index is 12.9. The molecule has 0 bridgehead atoms. The Labute approximate surface area is 108 Å². The molecule has 0 heterocycles. The Morgan fingerprint density at radius 3 is 2.14 bits per heavy atom. The van der Waals surface area contributed by atoms with Gasteiger partial charge in [0.25, 0.3) is 0 Å². The van der Waals surface area contributed by atoms with Gasteiger partial charge in [-0.05, 0) is 13.0 Å². The van der Waals surface area contributed by atoms with Crippen molar-refractivity contribution in [2.45, 2.75) is 19.1 Å². The fraction of sp³-hybridized carbons (Fsp3) is 0.333. The zero-order chi connectivity index (χ0) is 9.14. The quantitative estimate of drug-likeness (QED) is 0.865. The topological polar surface area (TPSA) is 74.0 Å². The van der Waals surface area contributed by atoms with Crippen LogP contribution >= 0.6 is 0 Å². The Morgan fingerprint density at radius 2 is 1.71 bits per heavy atom. The fourth-order valence-electron chi connectivity index (χ4n) is 0.975. The van der Waals surface area contributed by atoms with Crippen molar-refractivity contribution in [1.82, 2.24) is 0 Å². The van der Waals surface area contributed by atoms with Crippen molar-refractivity contribution in [3.8, 4) is 0 Å². The summed E-state index contributed by atoms with van der Waals surface area (Å²) >= 11 is 0. The first-order chi connectivity index (χ1) is 5.63. The third-order valence-corrected chi connectivity index (χ3v) is 1.68. The summed E-state index contributed by atoms with van der Waals surface area (Å²) in [5.41, 5.74) is 0.132. The van der Waals surface area contributed by atoms with Crippen molar-refractivity contribution in [2.75, 3.05) is 0 Å². The van der Waals surface area contributed by atoms with E-state index >= 15 is 0 Å². The predicted octanol–water partition coefficient (Wildman–Crippen LogP) is 1.95. The van der Waals surface area contributed by atoms with Crippen LogP contribution in [0.4, 0.5) is 4.39 Å². The maximum Gasteiger partial charge on any atom is 0.129 e. The van der Waals surface area contributed by atoms with Crippen molar-refractivity contribution in [3.05, 3.63) is 41.8 Å². The van der Waals surface area contributed by atoms with Crippen LogP contribution in [0, 0.1) is 5.82 Å². The molecule has 0 aliphatic rings. The monoisotopic (exact) mass is 275 g/mol. The van der Waals surface area contributed by atoms with Crippen LogP contribution in [0.2, 0.25) is 0 Å². The number of hydrogen-bond donors (Lipinski definition) is 2. The van der Waals surface area contributed by atoms with Crippen molar-refractivity contribution < 1.29 is 47.3 Å². The molecule has 3 nitrogen and oxygen atoms in total. The van der Waals surface area contributed by atoms with Gasteiger partial charge in [0.05, 0.1) is 6.10 Å². The number of nitrogens with two attached hydrogens (primary N) is 1. The smallest absolute Gasteiger partial charge is 0.129 e. The van der Waals surface area contributed by atoms with Crippen LogP contribution in [0.3, 0.4) is 0 Å². The van der Waals surface area contributed by atoms with E-state index in [0.717, 1.165) is 0 Å². The zero-order valence-electron chi connectivity index (χ0n) is 7.89. The molecule has 2 unspecified atom stereocenters. The average Bonchev–Trinajstić information content (AvgIpc) is 2.04. The Bertz CT molecular complexity index is 271. The molecule has 1 rings (SSSR count). The second-order valence-corrected chi connectivity index (χ2v) is 2.71. The Kier molecular flexibility index (Phi) is 8.79. The van der Waals surface area contributed by atoms with E-state index in [1.165, 1.54) is 25.1 Å². The van der Waals surface area contributed by atoms with E-state index in [1.54, 1.807) is 6.07 Å². The van der Waals surface area contributed by atoms with Crippen LogP contribution < -0.4 is 0 Å². The number of hydrogen-bond acceptors (Lipinski definition) is 2. The normalized spacial score (nSPS) is 13.4. The molecule has 1 aromatic carbocycles. The van der Waals surface area contributed by atoms with E-state index in [4.69, 9.17) is 5.11 Å². The molecule has 0 spiro atoms. The van der Waals surface area contributed by atoms with Gasteiger partial charge in [0, 0.05) is 38.3 Å². The summed E-state index contributed by atoms with van der Waals surface area (Å²) < 4.78 is 12.9. The molecular formula is C9H13FNO2Y-. The standard InChI is InChI=1S/C9H11FO2.H2N.Y/c1-6(11)9(12)7-4-2-3-5-8(7)10;;/h2-6,9,11-12H,1H3;1H2;/q;-1;. The minimum Gasteiger partial charge on any atom is -0.693 e. The van der Waals surface area contributed by atoms with E-state index in [9.17, 15) is 9.50 Å². The molecule has 0 saturated carbocycles. The summed E-state index contributed by atoms with van der Waals surface area (Å²) in [4.78, 5) is 0. The number of rotatable bonds is 2. The first kappa shape index (κ1) is 16.6. The molecule has 0 saturated heterocycles. The number of benzene rings is 1. The van der Waals surface area contributed by atoms with Gasteiger partial charge in [-0.15, -0.1) is 0 Å². The molecule has 77 valence electrons. The van der Waals surface area contributed by atoms with E-state index in [0.29, 0.717) is 0 Å². The molecule has 0 fully saturated rings. The summed E-state index contributed by atoms with van der Waals surface area (Å²) in [5, 5.41) is 18.3. The minimum atomic E-state index is -1.15. The maximum absolute atomic E-state index is 12.9. The van der Waals surface area contributed by atoms with E-state index in [2.05, 4.69) is 0 Å². The van der Waals surface area contributed by atoms with Crippen molar-refractivity contribution in [3.63, 3.8) is 0 Å². The van der Waals surface area contributed by atoms with E-state index < -0.39 is 18.0 Å². The summed E-state index contributed by atoms with van der Waals surface area (Å²) in [5.74, 6) is -0.495. The third kappa shape index (κ3) is 4.11. The predicted molar refractivity (Wildman–Crippen MR) is 48.3 cm³/mol. The molecule has 2 atom stereocenters. The van der Waals surface area contributed by atoms with Gasteiger partial charge >= 0.3 is 0 Å². The Balaban J connectivity index is 0. The molecule has 4 N–H and O–H groups in total. The van der Waals surface area contributed by atoms with Gasteiger partial charge in [0.1, 0.15) is 11.9 Å². The first-order valence-corrected chi connectivity index (χ1v) is 3.73. The Morgan fingerprint density at radius 1 is 1.21 bits per heavy atom. The van der Waals surface area contributed by atoms with Gasteiger partial charge in [-0.25, -0.2) is 4.39 Å². The van der Waals surface area contributed by atoms with Crippen LogP contribution in [0.1, 0.15) is 18.6 Å². The van der Waals surface area contributed by atoms with E-state index in [-0.39, 0.29) is 44.4 Å². The third-order valence-electron chi connectivity index (χ3n) is 1.68. The summed E-state index contributed by atoms with van der Waals surface area (Å²) in [6, 6.07) is 5.85. The fourth-order valence-corrected chi connectivity index (χ4v) is 0.975. The summed E-state index contributed by atoms with van der Waals surface area (Å²) in [6.07, 6.45) is -2.10. The summed E-state index contributed by atoms with van der Waals surface area (Å²) in [7, 11) is 0. The van der Waals surface area contributed by atoms with Crippen molar-refractivity contribution in [1.29, 1.82) is 0 Å². The van der Waals surface area contributed by atoms with Gasteiger partial charge in [0.15, 0.2) is 0 Å². The largest absolute Gasteiger partial charge is 0.693 e. The van der Waals surface area contributed by atoms with Crippen molar-refractivity contribution in [2.24, 2.45) is 0 Å². The zero-order valence-corrected chi connectivity index (χ0v) is 10.7. The van der Waals surface area contributed by atoms with Crippen LogP contribution in [-0.2, 0) is 32.7 Å². The van der Waals surface area contributed by atoms with Gasteiger partial charge in [-0.1, -0.05) is 18.2 Å². The van der Waals surface area contributed by atoms with Gasteiger partial charge < -0.3 is 16.4 Å². The second-order valence-electron chi connectivity index (χ2n) is 2.71. The summed E-state index contributed by atoms with van der Waals surface area (Å²) in [6.45, 7) is 1.41. The average molecular weight is 275 g/mol. The van der Waals surface area contributed by atoms with Crippen LogP contribution in [0.15, 0.2) is 24.3 Å². The van der Waals surface area contributed by atoms with Crippen LogP contribution in [0.5, 0.6) is 0 Å². The molecule has 5 heteroatoms. The molecule has 0 aliphatic heterocycles. The van der Waals surface area contributed by atoms with Crippen LogP contribution in [-0.4, -0.2) is 16.3 Å². The van der Waals surface area contributed by atoms with Gasteiger partial charge in [-0.3, -0.25) is 0 Å². The van der Waals surface area contributed by atoms with Crippen molar-refractivity contribution >= 4 is 0 Å².